The number of rotatable bonds is 7. The van der Waals surface area contributed by atoms with E-state index in [1.807, 2.05) is 0 Å². The number of hydrogen-bond acceptors (Lipinski definition) is 3. The number of fused-ring (bicyclic) bond motifs is 1. The van der Waals surface area contributed by atoms with Gasteiger partial charge in [-0.25, -0.2) is 0 Å². The number of benzene rings is 3. The predicted molar refractivity (Wildman–Crippen MR) is 133 cm³/mol. The van der Waals surface area contributed by atoms with Crippen molar-refractivity contribution < 1.29 is 35.9 Å². The normalized spacial score (nSPS) is 11.9. The number of anilines is 2. The molecule has 0 radical (unpaired) electrons. The maximum Gasteiger partial charge on any atom is 0.416 e. The highest BCUT2D eigenvalue weighted by Crippen LogP contribution is 2.34. The van der Waals surface area contributed by atoms with Crippen LogP contribution in [0.25, 0.3) is 10.9 Å². The van der Waals surface area contributed by atoms with Crippen LogP contribution in [-0.4, -0.2) is 22.6 Å². The number of nitrogens with one attached hydrogen (secondary N) is 3. The van der Waals surface area contributed by atoms with Gasteiger partial charge in [0.25, 0.3) is 5.91 Å². The van der Waals surface area contributed by atoms with Gasteiger partial charge in [-0.3, -0.25) is 9.59 Å². The fourth-order valence-electron chi connectivity index (χ4n) is 3.67. The van der Waals surface area contributed by atoms with Gasteiger partial charge in [0.05, 0.1) is 16.7 Å². The minimum absolute atomic E-state index is 0.0180. The van der Waals surface area contributed by atoms with Crippen LogP contribution in [0, 0.1) is 0 Å². The molecule has 0 aliphatic carbocycles. The van der Waals surface area contributed by atoms with E-state index < -0.39 is 35.3 Å². The van der Waals surface area contributed by atoms with E-state index in [0.29, 0.717) is 15.8 Å². The lowest BCUT2D eigenvalue weighted by atomic mass is 10.1. The van der Waals surface area contributed by atoms with Crippen molar-refractivity contribution in [2.75, 3.05) is 16.4 Å². The van der Waals surface area contributed by atoms with Gasteiger partial charge in [-0.2, -0.15) is 26.3 Å². The summed E-state index contributed by atoms with van der Waals surface area (Å²) in [5.74, 6) is -0.851. The third-order valence-electron chi connectivity index (χ3n) is 5.42. The first-order valence-corrected chi connectivity index (χ1v) is 12.1. The topological polar surface area (TPSA) is 74.0 Å². The van der Waals surface area contributed by atoms with Crippen molar-refractivity contribution in [2.24, 2.45) is 0 Å². The lowest BCUT2D eigenvalue weighted by Gasteiger charge is -2.11. The number of aromatic amines is 1. The van der Waals surface area contributed by atoms with Gasteiger partial charge in [-0.05, 0) is 48.5 Å². The Hall–Kier alpha value is -3.93. The molecule has 198 valence electrons. The highest BCUT2D eigenvalue weighted by molar-refractivity contribution is 7.99. The number of carbonyl (C=O) groups excluding carboxylic acids is 2. The van der Waals surface area contributed by atoms with Crippen LogP contribution in [-0.2, 0) is 17.1 Å². The fourth-order valence-corrected chi connectivity index (χ4v) is 4.72. The minimum atomic E-state index is -4.56. The van der Waals surface area contributed by atoms with Crippen LogP contribution in [0.5, 0.6) is 0 Å². The molecular weight excluding hydrogens is 532 g/mol. The molecule has 0 saturated heterocycles. The summed E-state index contributed by atoms with van der Waals surface area (Å²) in [6.45, 7) is 0. The van der Waals surface area contributed by atoms with Crippen molar-refractivity contribution in [3.05, 3.63) is 89.6 Å². The van der Waals surface area contributed by atoms with Gasteiger partial charge < -0.3 is 15.6 Å². The summed E-state index contributed by atoms with van der Waals surface area (Å²) < 4.78 is 77.7. The van der Waals surface area contributed by atoms with Gasteiger partial charge in [0.1, 0.15) is 0 Å². The quantitative estimate of drug-likeness (QED) is 0.164. The molecule has 0 saturated carbocycles. The van der Waals surface area contributed by atoms with Gasteiger partial charge >= 0.3 is 12.4 Å². The largest absolute Gasteiger partial charge is 0.416 e. The number of hydrogen-bond donors (Lipinski definition) is 3. The van der Waals surface area contributed by atoms with Crippen LogP contribution in [0.3, 0.4) is 0 Å². The number of thioether (sulfide) groups is 1. The zero-order valence-corrected chi connectivity index (χ0v) is 20.2. The molecule has 0 unspecified atom stereocenters. The minimum Gasteiger partial charge on any atom is -0.360 e. The third-order valence-corrected chi connectivity index (χ3v) is 6.48. The maximum atomic E-state index is 13.0. The molecular formula is C26H19F6N3O2S. The number of amides is 2. The van der Waals surface area contributed by atoms with Crippen molar-refractivity contribution in [3.8, 4) is 0 Å². The molecule has 0 bridgehead atoms. The van der Waals surface area contributed by atoms with Gasteiger partial charge in [-0.1, -0.05) is 18.2 Å². The molecule has 38 heavy (non-hydrogen) atoms. The van der Waals surface area contributed by atoms with Gasteiger partial charge in [0.15, 0.2) is 0 Å². The van der Waals surface area contributed by atoms with E-state index in [1.165, 1.54) is 42.2 Å². The average molecular weight is 552 g/mol. The molecule has 2 amide bonds. The Morgan fingerprint density at radius 3 is 1.97 bits per heavy atom. The van der Waals surface area contributed by atoms with Crippen molar-refractivity contribution in [1.82, 2.24) is 4.98 Å². The van der Waals surface area contributed by atoms with E-state index in [-0.39, 0.29) is 29.1 Å². The standard InChI is InChI=1S/C26H19F6N3O2S/c27-25(28,29)15-4-1-6-17(12-15)34-22(36)10-11-38-21-9-3-8-20-23(21)19(14-33-20)24(37)35-18-7-2-5-16(13-18)26(30,31)32/h1-9,12-14,33H,10-11H2,(H,34,36)(H,35,37). The fraction of sp³-hybridized carbons (Fsp3) is 0.154. The first-order valence-electron chi connectivity index (χ1n) is 11.1. The predicted octanol–water partition coefficient (Wildman–Crippen LogP) is 7.58. The Morgan fingerprint density at radius 1 is 0.789 bits per heavy atom. The van der Waals surface area contributed by atoms with E-state index in [4.69, 9.17) is 0 Å². The molecule has 0 fully saturated rings. The molecule has 1 heterocycles. The first-order chi connectivity index (χ1) is 17.9. The van der Waals surface area contributed by atoms with E-state index in [9.17, 15) is 35.9 Å². The number of aromatic nitrogens is 1. The van der Waals surface area contributed by atoms with Crippen molar-refractivity contribution in [3.63, 3.8) is 0 Å². The van der Waals surface area contributed by atoms with Crippen LogP contribution in [0.1, 0.15) is 27.9 Å². The highest BCUT2D eigenvalue weighted by Gasteiger charge is 2.31. The van der Waals surface area contributed by atoms with Crippen LogP contribution in [0.15, 0.2) is 77.8 Å². The zero-order valence-electron chi connectivity index (χ0n) is 19.3. The number of H-pyrrole nitrogens is 1. The second-order valence-corrected chi connectivity index (χ2v) is 9.28. The molecule has 0 atom stereocenters. The monoisotopic (exact) mass is 551 g/mol. The smallest absolute Gasteiger partial charge is 0.360 e. The molecule has 3 aromatic carbocycles. The van der Waals surface area contributed by atoms with Gasteiger partial charge in [0.2, 0.25) is 5.91 Å². The summed E-state index contributed by atoms with van der Waals surface area (Å²) in [5.41, 5.74) is -0.952. The summed E-state index contributed by atoms with van der Waals surface area (Å²) in [6, 6.07) is 13.8. The van der Waals surface area contributed by atoms with Crippen LogP contribution < -0.4 is 10.6 Å². The maximum absolute atomic E-state index is 13.0. The Morgan fingerprint density at radius 2 is 1.37 bits per heavy atom. The van der Waals surface area contributed by atoms with Crippen molar-refractivity contribution in [1.29, 1.82) is 0 Å². The second-order valence-electron chi connectivity index (χ2n) is 8.14. The summed E-state index contributed by atoms with van der Waals surface area (Å²) in [5, 5.41) is 5.45. The third kappa shape index (κ3) is 6.49. The summed E-state index contributed by atoms with van der Waals surface area (Å²) in [4.78, 5) is 28.8. The Balaban J connectivity index is 1.43. The molecule has 0 spiro atoms. The lowest BCUT2D eigenvalue weighted by molar-refractivity contribution is -0.138. The molecule has 5 nitrogen and oxygen atoms in total. The number of alkyl halides is 6. The summed E-state index contributed by atoms with van der Waals surface area (Å²) in [7, 11) is 0. The number of carbonyl (C=O) groups is 2. The summed E-state index contributed by atoms with van der Waals surface area (Å²) in [6.07, 6.45) is -7.67. The number of halogens is 6. The molecule has 0 aliphatic rings. The molecule has 3 N–H and O–H groups in total. The molecule has 4 rings (SSSR count). The SMILES string of the molecule is O=C(CCSc1cccc2[nH]cc(C(=O)Nc3cccc(C(F)(F)F)c3)c12)Nc1cccc(C(F)(F)F)c1. The van der Waals surface area contributed by atoms with Crippen LogP contribution in [0.4, 0.5) is 37.7 Å². The van der Waals surface area contributed by atoms with E-state index in [2.05, 4.69) is 15.6 Å². The first kappa shape index (κ1) is 27.1. The molecule has 0 aliphatic heterocycles. The van der Waals surface area contributed by atoms with E-state index >= 15 is 0 Å². The zero-order chi connectivity index (χ0) is 27.5. The highest BCUT2D eigenvalue weighted by atomic mass is 32.2. The van der Waals surface area contributed by atoms with Crippen molar-refractivity contribution >= 4 is 45.9 Å². The van der Waals surface area contributed by atoms with Gasteiger partial charge in [0, 0.05) is 45.5 Å². The van der Waals surface area contributed by atoms with Crippen molar-refractivity contribution in [2.45, 2.75) is 23.7 Å². The molecule has 4 aromatic rings. The molecule has 12 heteroatoms. The van der Waals surface area contributed by atoms with Crippen LogP contribution in [0.2, 0.25) is 0 Å². The van der Waals surface area contributed by atoms with E-state index in [0.717, 1.165) is 24.3 Å². The molecule has 1 aromatic heterocycles. The van der Waals surface area contributed by atoms with Gasteiger partial charge in [-0.15, -0.1) is 11.8 Å². The summed E-state index contributed by atoms with van der Waals surface area (Å²) >= 11 is 1.25. The second kappa shape index (κ2) is 10.8. The Kier molecular flexibility index (Phi) is 7.72. The lowest BCUT2D eigenvalue weighted by Crippen LogP contribution is -2.13. The Labute approximate surface area is 216 Å². The van der Waals surface area contributed by atoms with E-state index in [1.54, 1.807) is 18.2 Å². The Bertz CT molecular complexity index is 1480. The van der Waals surface area contributed by atoms with Crippen LogP contribution >= 0.6 is 11.8 Å². The average Bonchev–Trinajstić information content (AvgIpc) is 3.29.